The number of likely N-dealkylation sites (N-methyl/N-ethyl adjacent to an activating group) is 1. The van der Waals surface area contributed by atoms with Crippen molar-refractivity contribution in [2.75, 3.05) is 20.2 Å². The zero-order chi connectivity index (χ0) is 22.9. The first-order valence-corrected chi connectivity index (χ1v) is 9.92. The lowest BCUT2D eigenvalue weighted by atomic mass is 10.0. The van der Waals surface area contributed by atoms with Crippen molar-refractivity contribution in [1.82, 2.24) is 14.8 Å². The Morgan fingerprint density at radius 3 is 2.71 bits per heavy atom. The number of hydrogen-bond donors (Lipinski definition) is 1. The lowest BCUT2D eigenvalue weighted by Crippen LogP contribution is -2.39. The molecule has 0 radical (unpaired) electrons. The summed E-state index contributed by atoms with van der Waals surface area (Å²) in [5, 5.41) is 0.0350. The Balaban J connectivity index is 1.79. The molecule has 0 spiro atoms. The van der Waals surface area contributed by atoms with Gasteiger partial charge < -0.3 is 20.3 Å². The molecule has 0 aromatic carbocycles. The number of carbonyl (C=O) groups is 2. The highest BCUT2D eigenvalue weighted by atomic mass is 35.5. The highest BCUT2D eigenvalue weighted by Gasteiger charge is 2.36. The Morgan fingerprint density at radius 2 is 2.10 bits per heavy atom. The first kappa shape index (κ1) is 22.9. The molecule has 1 unspecified atom stereocenters. The number of halogens is 4. The van der Waals surface area contributed by atoms with E-state index in [9.17, 15) is 22.8 Å². The molecule has 3 heterocycles. The summed E-state index contributed by atoms with van der Waals surface area (Å²) in [7, 11) is 1.57. The van der Waals surface area contributed by atoms with Crippen LogP contribution in [0.3, 0.4) is 0 Å². The van der Waals surface area contributed by atoms with Crippen LogP contribution in [0.25, 0.3) is 0 Å². The number of nitrogens with two attached hydrogens (primary N) is 1. The number of pyridine rings is 1. The molecule has 2 aliphatic heterocycles. The topological polar surface area (TPSA) is 88.8 Å². The fraction of sp³-hybridized carbons (Fsp3) is 0.450. The van der Waals surface area contributed by atoms with Gasteiger partial charge in [0, 0.05) is 49.6 Å². The van der Waals surface area contributed by atoms with E-state index in [0.29, 0.717) is 24.2 Å². The number of allylic oxidation sites excluding steroid dienone is 2. The molecule has 3 rings (SSSR count). The third-order valence-electron chi connectivity index (χ3n) is 5.23. The summed E-state index contributed by atoms with van der Waals surface area (Å²) in [6, 6.07) is 1.26. The van der Waals surface area contributed by atoms with Crippen LogP contribution in [0.5, 0.6) is 0 Å². The van der Waals surface area contributed by atoms with Gasteiger partial charge in [0.2, 0.25) is 11.8 Å². The highest BCUT2D eigenvalue weighted by Crippen LogP contribution is 2.32. The molecule has 31 heavy (non-hydrogen) atoms. The SMILES string of the molecule is CC(C1=CC(Cl)=C(OCC(F)(F)F)N(C)C1)N1Cc2c(ccnc2CCC(N)=O)C1=O. The number of alkyl halides is 3. The number of fused-ring (bicyclic) bond motifs is 1. The molecule has 0 saturated carbocycles. The third-order valence-corrected chi connectivity index (χ3v) is 5.50. The van der Waals surface area contributed by atoms with Crippen molar-refractivity contribution in [1.29, 1.82) is 0 Å². The second-order valence-electron chi connectivity index (χ2n) is 7.49. The number of hydrogen-bond acceptors (Lipinski definition) is 5. The number of aromatic nitrogens is 1. The average Bonchev–Trinajstić information content (AvgIpc) is 3.01. The Hall–Kier alpha value is -2.75. The Labute approximate surface area is 182 Å². The molecule has 0 fully saturated rings. The lowest BCUT2D eigenvalue weighted by molar-refractivity contribution is -0.169. The molecule has 7 nitrogen and oxygen atoms in total. The standard InChI is InChI=1S/C20H22ClF3N4O3/c1-11(12-7-15(21)19(27(2)8-12)31-10-20(22,23)24)28-9-14-13(18(28)30)5-6-26-16(14)3-4-17(25)29/h5-7,11H,3-4,8-10H2,1-2H3,(H2,25,29). The number of ether oxygens (including phenoxy) is 1. The summed E-state index contributed by atoms with van der Waals surface area (Å²) in [6.45, 7) is 0.933. The van der Waals surface area contributed by atoms with E-state index in [-0.39, 0.29) is 35.8 Å². The van der Waals surface area contributed by atoms with Crippen LogP contribution in [0, 0.1) is 0 Å². The zero-order valence-corrected chi connectivity index (χ0v) is 17.8. The first-order chi connectivity index (χ1) is 14.5. The molecule has 0 aliphatic carbocycles. The van der Waals surface area contributed by atoms with Gasteiger partial charge in [-0.2, -0.15) is 13.2 Å². The van der Waals surface area contributed by atoms with E-state index < -0.39 is 18.7 Å². The summed E-state index contributed by atoms with van der Waals surface area (Å²) in [6.07, 6.45) is -0.937. The third kappa shape index (κ3) is 5.12. The van der Waals surface area contributed by atoms with Crippen LogP contribution in [-0.4, -0.2) is 59.0 Å². The summed E-state index contributed by atoms with van der Waals surface area (Å²) in [5.41, 5.74) is 7.89. The van der Waals surface area contributed by atoms with Crippen molar-refractivity contribution in [3.63, 3.8) is 0 Å². The maximum absolute atomic E-state index is 13.0. The Bertz CT molecular complexity index is 961. The van der Waals surface area contributed by atoms with Crippen molar-refractivity contribution < 1.29 is 27.5 Å². The molecule has 0 saturated heterocycles. The number of rotatable bonds is 7. The molecule has 1 atom stereocenters. The molecule has 1 aromatic heterocycles. The van der Waals surface area contributed by atoms with Crippen LogP contribution < -0.4 is 5.73 Å². The second kappa shape index (κ2) is 8.78. The molecular weight excluding hydrogens is 437 g/mol. The number of nitrogens with zero attached hydrogens (tertiary/aromatic N) is 3. The second-order valence-corrected chi connectivity index (χ2v) is 7.90. The van der Waals surface area contributed by atoms with Gasteiger partial charge in [-0.05, 0) is 31.1 Å². The summed E-state index contributed by atoms with van der Waals surface area (Å²) < 4.78 is 42.3. The molecule has 0 bridgehead atoms. The maximum Gasteiger partial charge on any atom is 0.422 e. The van der Waals surface area contributed by atoms with Gasteiger partial charge in [-0.3, -0.25) is 14.6 Å². The van der Waals surface area contributed by atoms with Crippen molar-refractivity contribution in [3.8, 4) is 0 Å². The van der Waals surface area contributed by atoms with E-state index in [1.165, 1.54) is 11.1 Å². The minimum atomic E-state index is -4.48. The fourth-order valence-electron chi connectivity index (χ4n) is 3.66. The first-order valence-electron chi connectivity index (χ1n) is 9.55. The van der Waals surface area contributed by atoms with Crippen LogP contribution in [-0.2, 0) is 22.5 Å². The molecule has 2 amide bonds. The lowest BCUT2D eigenvalue weighted by Gasteiger charge is -2.34. The quantitative estimate of drug-likeness (QED) is 0.678. The largest absolute Gasteiger partial charge is 0.468 e. The van der Waals surface area contributed by atoms with Gasteiger partial charge in [-0.25, -0.2) is 0 Å². The number of primary amides is 1. The van der Waals surface area contributed by atoms with Gasteiger partial charge in [0.25, 0.3) is 5.91 Å². The number of amides is 2. The fourth-order valence-corrected chi connectivity index (χ4v) is 4.00. The van der Waals surface area contributed by atoms with E-state index in [1.54, 1.807) is 24.1 Å². The molecular formula is C20H22ClF3N4O3. The van der Waals surface area contributed by atoms with Gasteiger partial charge in [0.05, 0.1) is 6.04 Å². The molecule has 1 aromatic rings. The van der Waals surface area contributed by atoms with Gasteiger partial charge >= 0.3 is 6.18 Å². The van der Waals surface area contributed by atoms with Gasteiger partial charge in [-0.15, -0.1) is 0 Å². The molecule has 11 heteroatoms. The van der Waals surface area contributed by atoms with Gasteiger partial charge in [0.15, 0.2) is 6.61 Å². The van der Waals surface area contributed by atoms with Crippen molar-refractivity contribution in [2.45, 2.75) is 38.5 Å². The van der Waals surface area contributed by atoms with Crippen molar-refractivity contribution in [2.24, 2.45) is 5.73 Å². The summed E-state index contributed by atoms with van der Waals surface area (Å²) >= 11 is 6.19. The maximum atomic E-state index is 13.0. The van der Waals surface area contributed by atoms with Crippen LogP contribution in [0.2, 0.25) is 0 Å². The smallest absolute Gasteiger partial charge is 0.422 e. The van der Waals surface area contributed by atoms with Crippen LogP contribution in [0.4, 0.5) is 13.2 Å². The molecule has 168 valence electrons. The van der Waals surface area contributed by atoms with E-state index >= 15 is 0 Å². The monoisotopic (exact) mass is 458 g/mol. The van der Waals surface area contributed by atoms with Gasteiger partial charge in [-0.1, -0.05) is 11.6 Å². The van der Waals surface area contributed by atoms with E-state index in [2.05, 4.69) is 4.98 Å². The van der Waals surface area contributed by atoms with Crippen LogP contribution in [0.1, 0.15) is 35.0 Å². The highest BCUT2D eigenvalue weighted by molar-refractivity contribution is 6.31. The van der Waals surface area contributed by atoms with Crippen molar-refractivity contribution in [3.05, 3.63) is 51.6 Å². The number of carbonyl (C=O) groups excluding carboxylic acids is 2. The summed E-state index contributed by atoms with van der Waals surface area (Å²) in [4.78, 5) is 31.5. The molecule has 2 aliphatic rings. The predicted molar refractivity (Wildman–Crippen MR) is 107 cm³/mol. The predicted octanol–water partition coefficient (Wildman–Crippen LogP) is 2.70. The van der Waals surface area contributed by atoms with E-state index in [4.69, 9.17) is 22.1 Å². The Morgan fingerprint density at radius 1 is 1.39 bits per heavy atom. The van der Waals surface area contributed by atoms with Crippen LogP contribution in [0.15, 0.2) is 34.8 Å². The Kier molecular flexibility index (Phi) is 6.49. The van der Waals surface area contributed by atoms with Gasteiger partial charge in [0.1, 0.15) is 5.03 Å². The number of aryl methyl sites for hydroxylation is 1. The van der Waals surface area contributed by atoms with E-state index in [0.717, 1.165) is 11.1 Å². The summed E-state index contributed by atoms with van der Waals surface area (Å²) in [5.74, 6) is -0.703. The van der Waals surface area contributed by atoms with E-state index in [1.807, 2.05) is 6.92 Å². The normalized spacial score (nSPS) is 17.6. The average molecular weight is 459 g/mol. The van der Waals surface area contributed by atoms with Crippen LogP contribution >= 0.6 is 11.6 Å². The minimum Gasteiger partial charge on any atom is -0.468 e. The molecule has 2 N–H and O–H groups in total. The minimum absolute atomic E-state index is 0.0350. The van der Waals surface area contributed by atoms with Crippen molar-refractivity contribution >= 4 is 23.4 Å². The zero-order valence-electron chi connectivity index (χ0n) is 17.0.